The first-order valence-corrected chi connectivity index (χ1v) is 37.5. The van der Waals surface area contributed by atoms with Gasteiger partial charge in [-0.3, -0.25) is 62.3 Å². The van der Waals surface area contributed by atoms with Gasteiger partial charge in [0.1, 0.15) is 84.3 Å². The van der Waals surface area contributed by atoms with Gasteiger partial charge in [0, 0.05) is 19.4 Å². The van der Waals surface area contributed by atoms with Gasteiger partial charge in [-0.2, -0.15) is 0 Å². The summed E-state index contributed by atoms with van der Waals surface area (Å²) in [5.41, 5.74) is 6.34. The summed E-state index contributed by atoms with van der Waals surface area (Å²) < 4.78 is 5.96. The van der Waals surface area contributed by atoms with Crippen LogP contribution in [0, 0.1) is 47.3 Å². The standard InChI is InChI=1S/C75H124N14O16/c1-20-43(15)33-34-53(91)80-54(38(5)6)68(97)87-61(46(18)90)72(101)82-56(40(9)10)69(98)83-57(41(11)12)74(103)89-36-28-32-52(89)66(95)78-50(31-27-35-76)64(93)85-59(44(16)21-2)71(100)88-62-47(19)105-75(104)58(42(13)14)84-63(92)49(23-4)77-65(94)51(37-48-29-25-24-26-30-48)79-67(96)55(39(7)8)81-70(99)60(45(17)22-3)86-73(62)102/h23-26,29-30,38-47,50-52,54-62,90H,20-22,27-28,31-37,76H2,1-19H3,(H,77,94)(H,78,95)(H,79,96)(H,80,91)(H,81,99)(H,82,101)(H,83,98)(H,84,92)(H,85,93)(H,86,102)(H,87,97)(H,88,100)/b49-23-/t43-,44-,45-,46-,47+,50+,51+,52-,54-,55-,56+,57-,58+,59-,60-,61+,62-/m1/s1. The molecule has 15 N–H and O–H groups in total. The Morgan fingerprint density at radius 2 is 1.15 bits per heavy atom. The van der Waals surface area contributed by atoms with E-state index < -0.39 is 203 Å². The second-order valence-electron chi connectivity index (χ2n) is 30.0. The van der Waals surface area contributed by atoms with Crippen molar-refractivity contribution in [3.05, 3.63) is 47.7 Å². The zero-order valence-corrected chi connectivity index (χ0v) is 65.2. The number of nitrogens with two attached hydrogens (primary N) is 1. The minimum absolute atomic E-state index is 0.0355. The Morgan fingerprint density at radius 3 is 1.69 bits per heavy atom. The van der Waals surface area contributed by atoms with Gasteiger partial charge in [-0.15, -0.1) is 0 Å². The normalized spacial score (nSPS) is 22.8. The quantitative estimate of drug-likeness (QED) is 0.0353. The third-order valence-corrected chi connectivity index (χ3v) is 19.6. The highest BCUT2D eigenvalue weighted by Gasteiger charge is 2.44. The first-order valence-electron chi connectivity index (χ1n) is 37.5. The lowest BCUT2D eigenvalue weighted by Crippen LogP contribution is -2.64. The number of benzene rings is 1. The van der Waals surface area contributed by atoms with Crippen LogP contribution in [0.1, 0.15) is 195 Å². The smallest absolute Gasteiger partial charge is 0.329 e. The zero-order valence-electron chi connectivity index (χ0n) is 65.2. The second-order valence-corrected chi connectivity index (χ2v) is 30.0. The summed E-state index contributed by atoms with van der Waals surface area (Å²) in [4.78, 5) is 202. The summed E-state index contributed by atoms with van der Waals surface area (Å²) in [5, 5.41) is 43.2. The number of esters is 1. The molecule has 30 heteroatoms. The highest BCUT2D eigenvalue weighted by atomic mass is 16.5. The number of hydrogen-bond donors (Lipinski definition) is 14. The van der Waals surface area contributed by atoms with Crippen LogP contribution >= 0.6 is 0 Å². The summed E-state index contributed by atoms with van der Waals surface area (Å²) in [7, 11) is 0. The van der Waals surface area contributed by atoms with Crippen molar-refractivity contribution in [1.82, 2.24) is 68.7 Å². The van der Waals surface area contributed by atoms with Crippen LogP contribution in [0.5, 0.6) is 0 Å². The molecule has 1 aromatic rings. The van der Waals surface area contributed by atoms with Crippen molar-refractivity contribution in [3.8, 4) is 0 Å². The number of hydrogen-bond acceptors (Lipinski definition) is 17. The number of nitrogens with zero attached hydrogens (tertiary/aromatic N) is 1. The first kappa shape index (κ1) is 90.7. The number of carbonyl (C=O) groups excluding carboxylic acids is 14. The van der Waals surface area contributed by atoms with E-state index >= 15 is 9.59 Å². The third kappa shape index (κ3) is 27.4. The van der Waals surface area contributed by atoms with E-state index in [1.807, 2.05) is 13.8 Å². The largest absolute Gasteiger partial charge is 0.458 e. The van der Waals surface area contributed by atoms with E-state index in [0.29, 0.717) is 24.8 Å². The summed E-state index contributed by atoms with van der Waals surface area (Å²) in [6.07, 6.45) is 1.08. The molecule has 0 unspecified atom stereocenters. The Morgan fingerprint density at radius 1 is 0.610 bits per heavy atom. The van der Waals surface area contributed by atoms with Crippen molar-refractivity contribution < 1.29 is 77.0 Å². The monoisotopic (exact) mass is 1480 g/mol. The Hall–Kier alpha value is -8.54. The number of rotatable bonds is 33. The molecule has 0 saturated carbocycles. The molecule has 2 aliphatic rings. The van der Waals surface area contributed by atoms with Crippen molar-refractivity contribution in [3.63, 3.8) is 0 Å². The molecule has 0 spiro atoms. The van der Waals surface area contributed by atoms with E-state index in [1.54, 1.807) is 127 Å². The van der Waals surface area contributed by atoms with E-state index in [-0.39, 0.29) is 69.1 Å². The van der Waals surface area contributed by atoms with E-state index in [4.69, 9.17) is 10.5 Å². The Labute approximate surface area is 620 Å². The van der Waals surface area contributed by atoms with E-state index in [9.17, 15) is 62.6 Å². The molecule has 0 bridgehead atoms. The molecule has 2 saturated heterocycles. The minimum atomic E-state index is -1.83. The van der Waals surface area contributed by atoms with Crippen LogP contribution in [0.25, 0.3) is 0 Å². The fourth-order valence-electron chi connectivity index (χ4n) is 12.0. The van der Waals surface area contributed by atoms with Crippen molar-refractivity contribution >= 4 is 82.8 Å². The van der Waals surface area contributed by atoms with Gasteiger partial charge in [-0.05, 0) is 112 Å². The SMILES string of the molecule is C/C=C1\NC(=O)[C@H](Cc2ccccc2)NC(=O)[C@@H](C(C)C)NC(=O)[C@@H]([C@H](C)CC)NC(=O)[C@H](NC(=O)[C@H](NC(=O)[C@H](CCCN)NC(=O)[C@H]2CCCN2C(=O)[C@H](NC(=O)[C@@H](NC(=O)[C@@H](NC(=O)[C@H](NC(=O)CC[C@H](C)CC)C(C)C)[C@@H](C)O)C(C)C)C(C)C)[C@H](C)CC)[C@H](C)OC(=O)[C@H](C(C)C)NC1=O. The van der Waals surface area contributed by atoms with Crippen molar-refractivity contribution in [2.24, 2.45) is 53.1 Å². The fourth-order valence-corrected chi connectivity index (χ4v) is 12.0. The number of aliphatic hydroxyl groups is 1. The molecule has 3 rings (SSSR count). The first-order chi connectivity index (χ1) is 49.3. The van der Waals surface area contributed by atoms with Gasteiger partial charge in [-0.25, -0.2) is 4.79 Å². The number of nitrogens with one attached hydrogen (secondary N) is 12. The maximum atomic E-state index is 15.0. The summed E-state index contributed by atoms with van der Waals surface area (Å²) >= 11 is 0. The van der Waals surface area contributed by atoms with Crippen molar-refractivity contribution in [1.29, 1.82) is 0 Å². The highest BCUT2D eigenvalue weighted by Crippen LogP contribution is 2.23. The van der Waals surface area contributed by atoms with Crippen LogP contribution in [-0.4, -0.2) is 191 Å². The van der Waals surface area contributed by atoms with Crippen LogP contribution < -0.4 is 69.5 Å². The van der Waals surface area contributed by atoms with Gasteiger partial charge >= 0.3 is 5.97 Å². The van der Waals surface area contributed by atoms with E-state index in [1.165, 1.54) is 31.7 Å². The Kier molecular flexibility index (Phi) is 37.8. The average molecular weight is 1480 g/mol. The molecule has 30 nitrogen and oxygen atoms in total. The molecular weight excluding hydrogens is 1350 g/mol. The summed E-state index contributed by atoms with van der Waals surface area (Å²) in [5.74, 6) is -15.2. The van der Waals surface area contributed by atoms with Gasteiger partial charge in [-0.1, -0.05) is 166 Å². The lowest BCUT2D eigenvalue weighted by Gasteiger charge is -2.33. The number of cyclic esters (lactones) is 1. The van der Waals surface area contributed by atoms with Gasteiger partial charge in [0.25, 0.3) is 5.91 Å². The van der Waals surface area contributed by atoms with E-state index in [0.717, 1.165) is 6.42 Å². The van der Waals surface area contributed by atoms with Crippen molar-refractivity contribution in [2.75, 3.05) is 13.1 Å². The van der Waals surface area contributed by atoms with Gasteiger partial charge < -0.3 is 84.3 Å². The second kappa shape index (κ2) is 43.8. The van der Waals surface area contributed by atoms with Crippen LogP contribution in [0.15, 0.2) is 42.1 Å². The fraction of sp³-hybridized carbons (Fsp3) is 0.707. The van der Waals surface area contributed by atoms with Gasteiger partial charge in [0.15, 0.2) is 0 Å². The summed E-state index contributed by atoms with van der Waals surface area (Å²) in [6, 6.07) is -7.67. The zero-order chi connectivity index (χ0) is 79.4. The Balaban J connectivity index is 2.00. The van der Waals surface area contributed by atoms with Gasteiger partial charge in [0.2, 0.25) is 70.9 Å². The molecular formula is C75H124N14O16. The lowest BCUT2D eigenvalue weighted by molar-refractivity contribution is -0.157. The molecule has 2 heterocycles. The maximum absolute atomic E-state index is 15.0. The predicted octanol–water partition coefficient (Wildman–Crippen LogP) is 1.84. The van der Waals surface area contributed by atoms with Crippen LogP contribution in [0.4, 0.5) is 0 Å². The lowest BCUT2D eigenvalue weighted by atomic mass is 9.95. The molecule has 2 aliphatic heterocycles. The maximum Gasteiger partial charge on any atom is 0.329 e. The van der Waals surface area contributed by atoms with E-state index in [2.05, 4.69) is 63.8 Å². The van der Waals surface area contributed by atoms with Gasteiger partial charge in [0.05, 0.1) is 6.10 Å². The average Bonchev–Trinajstić information content (AvgIpc) is 1.80. The van der Waals surface area contributed by atoms with Crippen LogP contribution in [0.2, 0.25) is 0 Å². The highest BCUT2D eigenvalue weighted by molar-refractivity contribution is 6.03. The Bertz CT molecular complexity index is 3160. The third-order valence-electron chi connectivity index (χ3n) is 19.6. The predicted molar refractivity (Wildman–Crippen MR) is 395 cm³/mol. The molecule has 0 radical (unpaired) electrons. The number of likely N-dealkylation sites (tertiary alicyclic amines) is 1. The number of carbonyl (C=O) groups is 14. The molecule has 590 valence electrons. The number of ether oxygens (including phenoxy) is 1. The molecule has 1 aromatic carbocycles. The topological polar surface area (TPSA) is 442 Å². The molecule has 105 heavy (non-hydrogen) atoms. The molecule has 0 aliphatic carbocycles. The molecule has 0 aromatic heterocycles. The summed E-state index contributed by atoms with van der Waals surface area (Å²) in [6.45, 7) is 31.7. The van der Waals surface area contributed by atoms with Crippen LogP contribution in [-0.2, 0) is 78.3 Å². The van der Waals surface area contributed by atoms with Crippen molar-refractivity contribution in [2.45, 2.75) is 280 Å². The van der Waals surface area contributed by atoms with Crippen LogP contribution in [0.3, 0.4) is 0 Å². The number of amides is 13. The molecule has 17 atom stereocenters. The molecule has 13 amide bonds. The number of allylic oxidation sites excluding steroid dienone is 1. The molecule has 2 fully saturated rings. The minimum Gasteiger partial charge on any atom is -0.458 e. The number of aliphatic hydroxyl groups excluding tert-OH is 1.